The molecule has 1 aliphatic rings. The first-order valence-electron chi connectivity index (χ1n) is 4.45. The third kappa shape index (κ3) is 1.65. The largest absolute Gasteiger partial charge is 0.391 e. The van der Waals surface area contributed by atoms with Gasteiger partial charge in [0.1, 0.15) is 5.82 Å². The van der Waals surface area contributed by atoms with Crippen LogP contribution in [0.5, 0.6) is 0 Å². The van der Waals surface area contributed by atoms with Crippen LogP contribution < -0.4 is 4.90 Å². The molecular formula is C10H12FNO. The lowest BCUT2D eigenvalue weighted by molar-refractivity contribution is 0.198. The van der Waals surface area contributed by atoms with Gasteiger partial charge < -0.3 is 10.0 Å². The smallest absolute Gasteiger partial charge is 0.146 e. The van der Waals surface area contributed by atoms with E-state index in [1.807, 2.05) is 11.0 Å². The van der Waals surface area contributed by atoms with Crippen molar-refractivity contribution in [1.82, 2.24) is 0 Å². The number of benzene rings is 1. The molecule has 1 heterocycles. The van der Waals surface area contributed by atoms with Gasteiger partial charge in [0.05, 0.1) is 11.8 Å². The summed E-state index contributed by atoms with van der Waals surface area (Å²) in [6, 6.07) is 6.67. The Hall–Kier alpha value is -1.09. The van der Waals surface area contributed by atoms with E-state index in [9.17, 15) is 9.50 Å². The van der Waals surface area contributed by atoms with Crippen LogP contribution >= 0.6 is 0 Å². The van der Waals surface area contributed by atoms with E-state index in [1.165, 1.54) is 6.07 Å². The van der Waals surface area contributed by atoms with Crippen LogP contribution in [0.1, 0.15) is 6.42 Å². The topological polar surface area (TPSA) is 23.5 Å². The number of anilines is 1. The van der Waals surface area contributed by atoms with Crippen LogP contribution in [-0.2, 0) is 0 Å². The second kappa shape index (κ2) is 3.34. The molecular weight excluding hydrogens is 169 g/mol. The molecule has 2 rings (SSSR count). The van der Waals surface area contributed by atoms with Gasteiger partial charge in [-0.25, -0.2) is 4.39 Å². The minimum absolute atomic E-state index is 0.211. The average molecular weight is 181 g/mol. The number of para-hydroxylation sites is 1. The zero-order valence-corrected chi connectivity index (χ0v) is 7.28. The minimum atomic E-state index is -0.306. The Morgan fingerprint density at radius 3 is 2.77 bits per heavy atom. The van der Waals surface area contributed by atoms with Crippen molar-refractivity contribution in [2.24, 2.45) is 0 Å². The highest BCUT2D eigenvalue weighted by Crippen LogP contribution is 2.22. The molecule has 1 N–H and O–H groups in total. The number of nitrogens with zero attached hydrogens (tertiary/aromatic N) is 1. The van der Waals surface area contributed by atoms with Gasteiger partial charge in [0, 0.05) is 13.1 Å². The summed E-state index contributed by atoms with van der Waals surface area (Å²) in [7, 11) is 0. The third-order valence-corrected chi connectivity index (χ3v) is 2.36. The molecule has 1 fully saturated rings. The summed E-state index contributed by atoms with van der Waals surface area (Å²) in [5.74, 6) is -0.211. The Labute approximate surface area is 76.6 Å². The van der Waals surface area contributed by atoms with Gasteiger partial charge in [0.15, 0.2) is 0 Å². The Balaban J connectivity index is 2.21. The van der Waals surface area contributed by atoms with E-state index in [2.05, 4.69) is 0 Å². The predicted octanol–water partition coefficient (Wildman–Crippen LogP) is 1.40. The number of halogens is 1. The van der Waals surface area contributed by atoms with Crippen LogP contribution in [-0.4, -0.2) is 24.3 Å². The number of aliphatic hydroxyl groups excluding tert-OH is 1. The normalized spacial score (nSPS) is 22.3. The van der Waals surface area contributed by atoms with Crippen molar-refractivity contribution in [1.29, 1.82) is 0 Å². The molecule has 0 bridgehead atoms. The van der Waals surface area contributed by atoms with Crippen molar-refractivity contribution in [3.05, 3.63) is 30.1 Å². The van der Waals surface area contributed by atoms with Crippen LogP contribution in [0.3, 0.4) is 0 Å². The van der Waals surface area contributed by atoms with Crippen molar-refractivity contribution >= 4 is 5.69 Å². The highest BCUT2D eigenvalue weighted by molar-refractivity contribution is 5.48. The van der Waals surface area contributed by atoms with Gasteiger partial charge in [-0.3, -0.25) is 0 Å². The Bertz CT molecular complexity index is 303. The lowest BCUT2D eigenvalue weighted by atomic mass is 10.3. The number of β-amino-alcohol motifs (C(OH)–C–C–N with tert-alkyl or cyclic N) is 1. The summed E-state index contributed by atoms with van der Waals surface area (Å²) in [5.41, 5.74) is 0.596. The van der Waals surface area contributed by atoms with E-state index >= 15 is 0 Å². The number of hydrogen-bond acceptors (Lipinski definition) is 2. The quantitative estimate of drug-likeness (QED) is 0.707. The number of aliphatic hydroxyl groups is 1. The standard InChI is InChI=1S/C10H12FNO/c11-9-3-1-2-4-10(9)12-6-5-8(13)7-12/h1-4,8,13H,5-7H2. The van der Waals surface area contributed by atoms with Crippen molar-refractivity contribution in [3.63, 3.8) is 0 Å². The first-order valence-corrected chi connectivity index (χ1v) is 4.45. The van der Waals surface area contributed by atoms with Gasteiger partial charge in [0.25, 0.3) is 0 Å². The summed E-state index contributed by atoms with van der Waals surface area (Å²) in [5, 5.41) is 9.29. The molecule has 3 heteroatoms. The molecule has 0 saturated carbocycles. The number of rotatable bonds is 1. The molecule has 1 atom stereocenters. The summed E-state index contributed by atoms with van der Waals surface area (Å²) >= 11 is 0. The lowest BCUT2D eigenvalue weighted by Crippen LogP contribution is -2.21. The highest BCUT2D eigenvalue weighted by Gasteiger charge is 2.21. The van der Waals surface area contributed by atoms with E-state index in [-0.39, 0.29) is 11.9 Å². The summed E-state index contributed by atoms with van der Waals surface area (Å²) in [6.07, 6.45) is 0.425. The zero-order valence-electron chi connectivity index (χ0n) is 7.28. The Kier molecular flexibility index (Phi) is 2.19. The van der Waals surface area contributed by atoms with Crippen LogP contribution in [0.4, 0.5) is 10.1 Å². The second-order valence-corrected chi connectivity index (χ2v) is 3.34. The van der Waals surface area contributed by atoms with Crippen LogP contribution in [0, 0.1) is 5.82 Å². The second-order valence-electron chi connectivity index (χ2n) is 3.34. The monoisotopic (exact) mass is 181 g/mol. The maximum atomic E-state index is 13.2. The molecule has 70 valence electrons. The SMILES string of the molecule is OC1CCN(c2ccccc2F)C1. The summed E-state index contributed by atoms with van der Waals surface area (Å²) in [6.45, 7) is 1.28. The molecule has 1 aromatic carbocycles. The van der Waals surface area contributed by atoms with Crippen LogP contribution in [0.15, 0.2) is 24.3 Å². The third-order valence-electron chi connectivity index (χ3n) is 2.36. The van der Waals surface area contributed by atoms with Gasteiger partial charge in [-0.05, 0) is 18.6 Å². The zero-order chi connectivity index (χ0) is 9.26. The fourth-order valence-corrected chi connectivity index (χ4v) is 1.67. The van der Waals surface area contributed by atoms with E-state index in [0.29, 0.717) is 12.2 Å². The van der Waals surface area contributed by atoms with Gasteiger partial charge >= 0.3 is 0 Å². The molecule has 1 unspecified atom stereocenters. The maximum absolute atomic E-state index is 13.2. The maximum Gasteiger partial charge on any atom is 0.146 e. The van der Waals surface area contributed by atoms with Crippen LogP contribution in [0.2, 0.25) is 0 Å². The average Bonchev–Trinajstić information content (AvgIpc) is 2.53. The van der Waals surface area contributed by atoms with E-state index < -0.39 is 0 Å². The molecule has 1 aliphatic heterocycles. The van der Waals surface area contributed by atoms with Crippen molar-refractivity contribution in [3.8, 4) is 0 Å². The van der Waals surface area contributed by atoms with Gasteiger partial charge in [0.2, 0.25) is 0 Å². The lowest BCUT2D eigenvalue weighted by Gasteiger charge is -2.17. The van der Waals surface area contributed by atoms with E-state index in [0.717, 1.165) is 13.0 Å². The van der Waals surface area contributed by atoms with Crippen molar-refractivity contribution in [2.75, 3.05) is 18.0 Å². The molecule has 0 amide bonds. The van der Waals surface area contributed by atoms with Gasteiger partial charge in [-0.2, -0.15) is 0 Å². The summed E-state index contributed by atoms with van der Waals surface area (Å²) in [4.78, 5) is 1.88. The van der Waals surface area contributed by atoms with Crippen molar-refractivity contribution < 1.29 is 9.50 Å². The summed E-state index contributed by atoms with van der Waals surface area (Å²) < 4.78 is 13.2. The number of hydrogen-bond donors (Lipinski definition) is 1. The Morgan fingerprint density at radius 2 is 2.15 bits per heavy atom. The minimum Gasteiger partial charge on any atom is -0.391 e. The molecule has 1 saturated heterocycles. The fourth-order valence-electron chi connectivity index (χ4n) is 1.67. The predicted molar refractivity (Wildman–Crippen MR) is 49.2 cm³/mol. The van der Waals surface area contributed by atoms with Crippen LogP contribution in [0.25, 0.3) is 0 Å². The molecule has 0 aromatic heterocycles. The van der Waals surface area contributed by atoms with Gasteiger partial charge in [-0.15, -0.1) is 0 Å². The van der Waals surface area contributed by atoms with E-state index in [4.69, 9.17) is 0 Å². The first-order chi connectivity index (χ1) is 6.27. The molecule has 2 nitrogen and oxygen atoms in total. The van der Waals surface area contributed by atoms with Gasteiger partial charge in [-0.1, -0.05) is 12.1 Å². The fraction of sp³-hybridized carbons (Fsp3) is 0.400. The highest BCUT2D eigenvalue weighted by atomic mass is 19.1. The van der Waals surface area contributed by atoms with Crippen molar-refractivity contribution in [2.45, 2.75) is 12.5 Å². The molecule has 0 radical (unpaired) electrons. The molecule has 0 spiro atoms. The molecule has 13 heavy (non-hydrogen) atoms. The first kappa shape index (κ1) is 8.51. The molecule has 0 aliphatic carbocycles. The Morgan fingerprint density at radius 1 is 1.38 bits per heavy atom. The van der Waals surface area contributed by atoms with E-state index in [1.54, 1.807) is 12.1 Å². The molecule has 1 aromatic rings.